The third-order valence-corrected chi connectivity index (χ3v) is 3.93. The Kier molecular flexibility index (Phi) is 10.2. The summed E-state index contributed by atoms with van der Waals surface area (Å²) in [7, 11) is 0. The number of hydrogen-bond donors (Lipinski definition) is 0. The van der Waals surface area contributed by atoms with Gasteiger partial charge in [-0.2, -0.15) is 0 Å². The Morgan fingerprint density at radius 3 is 1.80 bits per heavy atom. The van der Waals surface area contributed by atoms with Crippen LogP contribution in [0.4, 0.5) is 0 Å². The van der Waals surface area contributed by atoms with E-state index >= 15 is 0 Å². The summed E-state index contributed by atoms with van der Waals surface area (Å²) in [6, 6.07) is 4.12. The maximum absolute atomic E-state index is 7.29. The van der Waals surface area contributed by atoms with E-state index in [0.717, 1.165) is 12.1 Å². The van der Waals surface area contributed by atoms with Crippen molar-refractivity contribution in [2.45, 2.75) is 84.2 Å². The van der Waals surface area contributed by atoms with Crippen LogP contribution in [0, 0.1) is 0 Å². The normalized spacial score (nSPS) is 10.9. The van der Waals surface area contributed by atoms with Crippen molar-refractivity contribution in [1.29, 1.82) is 0 Å². The minimum atomic E-state index is 0.388. The number of aromatic nitrogens is 1. The van der Waals surface area contributed by atoms with Crippen molar-refractivity contribution < 1.29 is 4.57 Å². The van der Waals surface area contributed by atoms with Gasteiger partial charge < -0.3 is 5.73 Å². The highest BCUT2D eigenvalue weighted by molar-refractivity contribution is 5.08. The molecule has 114 valence electrons. The average molecular weight is 276 g/mol. The number of rotatable bonds is 12. The van der Waals surface area contributed by atoms with E-state index < -0.39 is 0 Å². The van der Waals surface area contributed by atoms with Gasteiger partial charge in [0.25, 0.3) is 0 Å². The van der Waals surface area contributed by atoms with Crippen LogP contribution in [0.25, 0.3) is 5.73 Å². The topological polar surface area (TPSA) is 27.7 Å². The van der Waals surface area contributed by atoms with Crippen molar-refractivity contribution in [3.05, 3.63) is 35.8 Å². The quantitative estimate of drug-likeness (QED) is 0.359. The second kappa shape index (κ2) is 11.9. The summed E-state index contributed by atoms with van der Waals surface area (Å²) in [5.74, 6) is 0. The monoisotopic (exact) mass is 276 g/mol. The molecular formula is C18H32N2. The van der Waals surface area contributed by atoms with Gasteiger partial charge in [-0.25, -0.2) is 4.57 Å². The Bertz CT molecular complexity index is 319. The predicted octanol–water partition coefficient (Wildman–Crippen LogP) is 5.45. The van der Waals surface area contributed by atoms with E-state index in [0.29, 0.717) is 6.54 Å². The average Bonchev–Trinajstić information content (AvgIpc) is 2.50. The number of pyridine rings is 1. The van der Waals surface area contributed by atoms with Gasteiger partial charge >= 0.3 is 0 Å². The molecule has 0 unspecified atom stereocenters. The first-order valence-corrected chi connectivity index (χ1v) is 8.49. The summed E-state index contributed by atoms with van der Waals surface area (Å²) in [5, 5.41) is 0. The van der Waals surface area contributed by atoms with Gasteiger partial charge in [0.05, 0.1) is 0 Å². The third kappa shape index (κ3) is 8.31. The van der Waals surface area contributed by atoms with Crippen LogP contribution in [0.2, 0.25) is 0 Å². The van der Waals surface area contributed by atoms with Crippen molar-refractivity contribution in [2.75, 3.05) is 0 Å². The molecule has 0 spiro atoms. The highest BCUT2D eigenvalue weighted by Gasteiger charge is 1.99. The van der Waals surface area contributed by atoms with Crippen molar-refractivity contribution >= 4 is 0 Å². The van der Waals surface area contributed by atoms with Gasteiger partial charge in [0.15, 0.2) is 12.4 Å². The zero-order valence-electron chi connectivity index (χ0n) is 13.2. The van der Waals surface area contributed by atoms with Crippen molar-refractivity contribution in [3.63, 3.8) is 0 Å². The molecule has 1 rings (SSSR count). The molecule has 0 saturated heterocycles. The van der Waals surface area contributed by atoms with Crippen molar-refractivity contribution in [2.24, 2.45) is 0 Å². The number of aryl methyl sites for hydroxylation is 1. The van der Waals surface area contributed by atoms with Crippen molar-refractivity contribution in [3.8, 4) is 0 Å². The summed E-state index contributed by atoms with van der Waals surface area (Å²) < 4.78 is 2.24. The maximum atomic E-state index is 7.29. The van der Waals surface area contributed by atoms with Gasteiger partial charge in [-0.05, 0) is 6.42 Å². The first-order chi connectivity index (χ1) is 9.86. The molecule has 0 aliphatic heterocycles. The lowest BCUT2D eigenvalue weighted by atomic mass is 10.1. The minimum absolute atomic E-state index is 0.388. The second-order valence-electron chi connectivity index (χ2n) is 5.80. The third-order valence-electron chi connectivity index (χ3n) is 3.93. The lowest BCUT2D eigenvalue weighted by Gasteiger charge is -2.02. The van der Waals surface area contributed by atoms with Crippen LogP contribution >= 0.6 is 0 Å². The Hall–Kier alpha value is -0.890. The van der Waals surface area contributed by atoms with Gasteiger partial charge in [0, 0.05) is 18.6 Å². The first kappa shape index (κ1) is 17.2. The summed E-state index contributed by atoms with van der Waals surface area (Å²) in [6.45, 7) is 3.78. The van der Waals surface area contributed by atoms with E-state index in [-0.39, 0.29) is 0 Å². The predicted molar refractivity (Wildman–Crippen MR) is 86.5 cm³/mol. The zero-order valence-corrected chi connectivity index (χ0v) is 13.2. The maximum Gasteiger partial charge on any atom is 0.168 e. The molecule has 1 aromatic heterocycles. The SMILES string of the molecule is CCCCCCCCCCCC[n+]1ccc(C[NH-])cc1. The Labute approximate surface area is 125 Å². The van der Waals surface area contributed by atoms with Gasteiger partial charge in [0.2, 0.25) is 0 Å². The van der Waals surface area contributed by atoms with E-state index in [2.05, 4.69) is 36.0 Å². The molecule has 1 N–H and O–H groups in total. The lowest BCUT2D eigenvalue weighted by Crippen LogP contribution is -2.32. The van der Waals surface area contributed by atoms with Gasteiger partial charge in [-0.3, -0.25) is 0 Å². The molecular weight excluding hydrogens is 244 g/mol. The largest absolute Gasteiger partial charge is 0.674 e. The Balaban J connectivity index is 1.91. The van der Waals surface area contributed by atoms with Crippen LogP contribution < -0.4 is 4.57 Å². The Morgan fingerprint density at radius 2 is 1.30 bits per heavy atom. The van der Waals surface area contributed by atoms with Gasteiger partial charge in [-0.15, -0.1) is 6.54 Å². The number of nitrogens with zero attached hydrogens (tertiary/aromatic N) is 1. The van der Waals surface area contributed by atoms with E-state index in [4.69, 9.17) is 5.73 Å². The molecule has 1 aromatic rings. The smallest absolute Gasteiger partial charge is 0.168 e. The lowest BCUT2D eigenvalue weighted by molar-refractivity contribution is -0.697. The highest BCUT2D eigenvalue weighted by atomic mass is 14.9. The molecule has 0 bridgehead atoms. The van der Waals surface area contributed by atoms with E-state index in [1.807, 2.05) is 0 Å². The Morgan fingerprint density at radius 1 is 0.800 bits per heavy atom. The molecule has 0 aliphatic rings. The van der Waals surface area contributed by atoms with Crippen LogP contribution in [0.5, 0.6) is 0 Å². The van der Waals surface area contributed by atoms with Crippen LogP contribution in [-0.2, 0) is 13.1 Å². The second-order valence-corrected chi connectivity index (χ2v) is 5.80. The molecule has 2 nitrogen and oxygen atoms in total. The fourth-order valence-corrected chi connectivity index (χ4v) is 2.54. The molecule has 1 heterocycles. The van der Waals surface area contributed by atoms with Crippen LogP contribution in [0.1, 0.15) is 76.7 Å². The molecule has 0 fully saturated rings. The first-order valence-electron chi connectivity index (χ1n) is 8.49. The minimum Gasteiger partial charge on any atom is -0.674 e. The zero-order chi connectivity index (χ0) is 14.5. The molecule has 2 heteroatoms. The summed E-state index contributed by atoms with van der Waals surface area (Å²) >= 11 is 0. The molecule has 0 amide bonds. The molecule has 0 radical (unpaired) electrons. The van der Waals surface area contributed by atoms with Crippen molar-refractivity contribution in [1.82, 2.24) is 0 Å². The highest BCUT2D eigenvalue weighted by Crippen LogP contribution is 2.10. The number of unbranched alkanes of at least 4 members (excludes halogenated alkanes) is 9. The van der Waals surface area contributed by atoms with Crippen LogP contribution in [0.15, 0.2) is 24.5 Å². The molecule has 0 aliphatic carbocycles. The molecule has 20 heavy (non-hydrogen) atoms. The van der Waals surface area contributed by atoms with Gasteiger partial charge in [0.1, 0.15) is 6.54 Å². The fraction of sp³-hybridized carbons (Fsp3) is 0.722. The molecule has 0 saturated carbocycles. The molecule has 0 atom stereocenters. The fourth-order valence-electron chi connectivity index (χ4n) is 2.54. The van der Waals surface area contributed by atoms with Crippen LogP contribution in [0.3, 0.4) is 0 Å². The summed E-state index contributed by atoms with van der Waals surface area (Å²) in [4.78, 5) is 0. The van der Waals surface area contributed by atoms with E-state index in [1.165, 1.54) is 64.2 Å². The standard InChI is InChI=1S/C18H32N2/c1-2-3-4-5-6-7-8-9-10-11-14-20-15-12-18(17-19)13-16-20/h12-13,15-16,19H,2-11,14,17H2,1H3. The summed E-state index contributed by atoms with van der Waals surface area (Å²) in [5.41, 5.74) is 8.39. The van der Waals surface area contributed by atoms with E-state index in [1.54, 1.807) is 0 Å². The van der Waals surface area contributed by atoms with E-state index in [9.17, 15) is 0 Å². The summed E-state index contributed by atoms with van der Waals surface area (Å²) in [6.07, 6.45) is 18.1. The number of nitrogens with one attached hydrogen (secondary N) is 1. The molecule has 0 aromatic carbocycles. The number of hydrogen-bond acceptors (Lipinski definition) is 0. The van der Waals surface area contributed by atoms with Gasteiger partial charge in [-0.1, -0.05) is 63.9 Å². The van der Waals surface area contributed by atoms with Crippen LogP contribution in [-0.4, -0.2) is 0 Å².